The summed E-state index contributed by atoms with van der Waals surface area (Å²) in [5.74, 6) is -0.824. The van der Waals surface area contributed by atoms with Crippen LogP contribution in [0.5, 0.6) is 0 Å². The third kappa shape index (κ3) is 11.0. The molecule has 0 saturated carbocycles. The first-order valence-corrected chi connectivity index (χ1v) is 7.19. The van der Waals surface area contributed by atoms with E-state index in [1.165, 1.54) is 7.11 Å². The number of benzene rings is 1. The van der Waals surface area contributed by atoms with E-state index in [-0.39, 0.29) is 11.9 Å². The summed E-state index contributed by atoms with van der Waals surface area (Å²) in [4.78, 5) is 36.1. The number of carbonyl (C=O) groups is 3. The molecule has 0 fully saturated rings. The molecule has 0 saturated heterocycles. The smallest absolute Gasteiger partial charge is 0.467 e. The summed E-state index contributed by atoms with van der Waals surface area (Å²) >= 11 is 0. The van der Waals surface area contributed by atoms with Crippen LogP contribution in [0.15, 0.2) is 35.3 Å². The first-order valence-electron chi connectivity index (χ1n) is 7.19. The van der Waals surface area contributed by atoms with Gasteiger partial charge in [-0.2, -0.15) is 0 Å². The molecule has 0 heterocycles. The standard InChI is InChI=1S/C14H20N4O3.CH2O3/c1-21-13(20)11(8-5-9-17-14(15)16)18-12(19)10-6-3-2-4-7-10;2-1(3)4/h2-4,6-7,11H,5,8-9H2,1H3,(H,18,19)(H4,15,16,17);(H2,2,3,4)/t11-;/m1./s1. The molecule has 10 heteroatoms. The second-order valence-electron chi connectivity index (χ2n) is 4.65. The molecule has 1 amide bonds. The van der Waals surface area contributed by atoms with Gasteiger partial charge in [-0.25, -0.2) is 9.59 Å². The second-order valence-corrected chi connectivity index (χ2v) is 4.65. The highest BCUT2D eigenvalue weighted by atomic mass is 16.6. The van der Waals surface area contributed by atoms with Crippen molar-refractivity contribution in [2.45, 2.75) is 18.9 Å². The van der Waals surface area contributed by atoms with Gasteiger partial charge >= 0.3 is 12.1 Å². The summed E-state index contributed by atoms with van der Waals surface area (Å²) in [6.07, 6.45) is -0.894. The van der Waals surface area contributed by atoms with Crippen molar-refractivity contribution in [3.8, 4) is 0 Å². The van der Waals surface area contributed by atoms with E-state index >= 15 is 0 Å². The summed E-state index contributed by atoms with van der Waals surface area (Å²) in [5.41, 5.74) is 10.9. The normalized spacial score (nSPS) is 10.4. The quantitative estimate of drug-likeness (QED) is 0.200. The minimum Gasteiger partial charge on any atom is -0.467 e. The van der Waals surface area contributed by atoms with Crippen LogP contribution in [0.25, 0.3) is 0 Å². The van der Waals surface area contributed by atoms with E-state index < -0.39 is 18.2 Å². The van der Waals surface area contributed by atoms with E-state index in [1.54, 1.807) is 24.3 Å². The Morgan fingerprint density at radius 3 is 2.24 bits per heavy atom. The monoisotopic (exact) mass is 354 g/mol. The molecule has 0 unspecified atom stereocenters. The third-order valence-corrected chi connectivity index (χ3v) is 2.77. The van der Waals surface area contributed by atoms with E-state index in [0.29, 0.717) is 24.9 Å². The molecule has 25 heavy (non-hydrogen) atoms. The molecular weight excluding hydrogens is 332 g/mol. The predicted molar refractivity (Wildman–Crippen MR) is 90.3 cm³/mol. The number of rotatable bonds is 7. The molecule has 1 aromatic rings. The van der Waals surface area contributed by atoms with Crippen molar-refractivity contribution in [2.75, 3.05) is 13.7 Å². The molecule has 0 aliphatic carbocycles. The van der Waals surface area contributed by atoms with E-state index in [1.807, 2.05) is 6.07 Å². The number of hydrogen-bond donors (Lipinski definition) is 5. The number of ether oxygens (including phenoxy) is 1. The SMILES string of the molecule is COC(=O)[C@@H](CCCN=C(N)N)NC(=O)c1ccccc1.O=C(O)O. The van der Waals surface area contributed by atoms with Crippen molar-refractivity contribution in [1.82, 2.24) is 5.32 Å². The predicted octanol–water partition coefficient (Wildman–Crippen LogP) is 0.234. The average Bonchev–Trinajstić information content (AvgIpc) is 2.56. The lowest BCUT2D eigenvalue weighted by atomic mass is 10.1. The second kappa shape index (κ2) is 12.2. The van der Waals surface area contributed by atoms with Gasteiger partial charge < -0.3 is 31.7 Å². The summed E-state index contributed by atoms with van der Waals surface area (Å²) in [6.45, 7) is 0.386. The maximum absolute atomic E-state index is 12.0. The van der Waals surface area contributed by atoms with Crippen molar-refractivity contribution in [1.29, 1.82) is 0 Å². The summed E-state index contributed by atoms with van der Waals surface area (Å²) in [7, 11) is 1.28. The number of nitrogens with one attached hydrogen (secondary N) is 1. The maximum atomic E-state index is 12.0. The third-order valence-electron chi connectivity index (χ3n) is 2.77. The Bertz CT molecular complexity index is 583. The Balaban J connectivity index is 0.00000129. The zero-order valence-corrected chi connectivity index (χ0v) is 13.7. The highest BCUT2D eigenvalue weighted by molar-refractivity contribution is 5.96. The van der Waals surface area contributed by atoms with Gasteiger partial charge in [0.1, 0.15) is 6.04 Å². The number of carbonyl (C=O) groups excluding carboxylic acids is 2. The summed E-state index contributed by atoms with van der Waals surface area (Å²) < 4.78 is 4.69. The number of aliphatic imine (C=N–C) groups is 1. The molecule has 1 rings (SSSR count). The molecule has 10 nitrogen and oxygen atoms in total. The van der Waals surface area contributed by atoms with Gasteiger partial charge in [0, 0.05) is 12.1 Å². The van der Waals surface area contributed by atoms with Crippen LogP contribution in [-0.4, -0.2) is 53.9 Å². The number of methoxy groups -OCH3 is 1. The highest BCUT2D eigenvalue weighted by Crippen LogP contribution is 2.04. The maximum Gasteiger partial charge on any atom is 0.503 e. The minimum atomic E-state index is -1.83. The lowest BCUT2D eigenvalue weighted by molar-refractivity contribution is -0.143. The van der Waals surface area contributed by atoms with Crippen LogP contribution in [0.4, 0.5) is 4.79 Å². The zero-order chi connectivity index (χ0) is 19.2. The molecule has 7 N–H and O–H groups in total. The number of guanidine groups is 1. The Hall–Kier alpha value is -3.30. The molecule has 0 spiro atoms. The van der Waals surface area contributed by atoms with Gasteiger partial charge in [0.05, 0.1) is 7.11 Å². The van der Waals surface area contributed by atoms with Crippen LogP contribution in [0.3, 0.4) is 0 Å². The van der Waals surface area contributed by atoms with Gasteiger partial charge in [-0.3, -0.25) is 9.79 Å². The zero-order valence-electron chi connectivity index (χ0n) is 13.7. The van der Waals surface area contributed by atoms with E-state index in [2.05, 4.69) is 15.0 Å². The highest BCUT2D eigenvalue weighted by Gasteiger charge is 2.21. The summed E-state index contributed by atoms with van der Waals surface area (Å²) in [6, 6.07) is 7.93. The van der Waals surface area contributed by atoms with E-state index in [4.69, 9.17) is 26.5 Å². The molecule has 138 valence electrons. The average molecular weight is 354 g/mol. The van der Waals surface area contributed by atoms with Gasteiger partial charge in [-0.05, 0) is 25.0 Å². The van der Waals surface area contributed by atoms with Crippen molar-refractivity contribution >= 4 is 24.0 Å². The number of nitrogens with zero attached hydrogens (tertiary/aromatic N) is 1. The van der Waals surface area contributed by atoms with Crippen LogP contribution >= 0.6 is 0 Å². The van der Waals surface area contributed by atoms with Gasteiger partial charge in [-0.1, -0.05) is 18.2 Å². The van der Waals surface area contributed by atoms with Gasteiger partial charge in [-0.15, -0.1) is 0 Å². The van der Waals surface area contributed by atoms with Crippen LogP contribution in [0, 0.1) is 0 Å². The first kappa shape index (κ1) is 21.7. The van der Waals surface area contributed by atoms with Crippen molar-refractivity contribution in [2.24, 2.45) is 16.5 Å². The number of esters is 1. The molecule has 0 bridgehead atoms. The van der Waals surface area contributed by atoms with E-state index in [0.717, 1.165) is 0 Å². The first-order chi connectivity index (χ1) is 11.8. The molecular formula is C15H22N4O6. The number of hydrogen-bond acceptors (Lipinski definition) is 5. The van der Waals surface area contributed by atoms with Crippen molar-refractivity contribution in [3.63, 3.8) is 0 Å². The molecule has 0 aromatic heterocycles. The molecule has 0 aliphatic rings. The van der Waals surface area contributed by atoms with Crippen LogP contribution in [-0.2, 0) is 9.53 Å². The van der Waals surface area contributed by atoms with Crippen molar-refractivity contribution < 1.29 is 29.3 Å². The largest absolute Gasteiger partial charge is 0.503 e. The topological polar surface area (TPSA) is 177 Å². The van der Waals surface area contributed by atoms with Crippen LogP contribution in [0.1, 0.15) is 23.2 Å². The van der Waals surface area contributed by atoms with Gasteiger partial charge in [0.15, 0.2) is 5.96 Å². The van der Waals surface area contributed by atoms with Gasteiger partial charge in [0.25, 0.3) is 5.91 Å². The minimum absolute atomic E-state index is 0.00191. The van der Waals surface area contributed by atoms with Crippen LogP contribution < -0.4 is 16.8 Å². The Kier molecular flexibility index (Phi) is 10.6. The summed E-state index contributed by atoms with van der Waals surface area (Å²) in [5, 5.41) is 16.6. The number of amides is 1. The number of carboxylic acid groups (broad SMARTS) is 2. The Labute approximate surface area is 144 Å². The van der Waals surface area contributed by atoms with Crippen LogP contribution in [0.2, 0.25) is 0 Å². The lowest BCUT2D eigenvalue weighted by Gasteiger charge is -2.16. The molecule has 1 atom stereocenters. The fraction of sp³-hybridized carbons (Fsp3) is 0.333. The lowest BCUT2D eigenvalue weighted by Crippen LogP contribution is -2.41. The molecule has 0 aliphatic heterocycles. The molecule has 0 radical (unpaired) electrons. The fourth-order valence-electron chi connectivity index (χ4n) is 1.73. The Morgan fingerprint density at radius 2 is 1.76 bits per heavy atom. The van der Waals surface area contributed by atoms with Gasteiger partial charge in [0.2, 0.25) is 0 Å². The molecule has 1 aromatic carbocycles. The van der Waals surface area contributed by atoms with E-state index in [9.17, 15) is 9.59 Å². The fourth-order valence-corrected chi connectivity index (χ4v) is 1.73. The Morgan fingerprint density at radius 1 is 1.20 bits per heavy atom. The number of nitrogens with two attached hydrogens (primary N) is 2. The van der Waals surface area contributed by atoms with Crippen molar-refractivity contribution in [3.05, 3.63) is 35.9 Å².